The summed E-state index contributed by atoms with van der Waals surface area (Å²) < 4.78 is 5.42. The number of nitrogen functional groups attached to an aromatic ring is 1. The highest BCUT2D eigenvalue weighted by atomic mass is 16.3. The topological polar surface area (TPSA) is 55.3 Å². The number of nitrogens with zero attached hydrogens (tertiary/aromatic N) is 2. The smallest absolute Gasteiger partial charge is 0.117 e. The van der Waals surface area contributed by atoms with Gasteiger partial charge in [0.15, 0.2) is 0 Å². The number of anilines is 1. The first kappa shape index (κ1) is 11.3. The molecule has 0 saturated heterocycles. The normalized spacial score (nSPS) is 15.2. The van der Waals surface area contributed by atoms with E-state index in [2.05, 4.69) is 9.88 Å². The SMILES string of the molecule is Nc1ccnc(CN(Cc2ccco2)C2CC2)c1. The molecular formula is C14H17N3O. The molecule has 0 amide bonds. The van der Waals surface area contributed by atoms with Crippen LogP contribution in [0.5, 0.6) is 0 Å². The van der Waals surface area contributed by atoms with E-state index in [0.29, 0.717) is 6.04 Å². The van der Waals surface area contributed by atoms with Gasteiger partial charge in [-0.05, 0) is 37.1 Å². The number of hydrogen-bond donors (Lipinski definition) is 1. The van der Waals surface area contributed by atoms with Crippen molar-refractivity contribution >= 4 is 5.69 Å². The molecule has 2 N–H and O–H groups in total. The molecule has 0 bridgehead atoms. The maximum atomic E-state index is 5.79. The van der Waals surface area contributed by atoms with Crippen molar-refractivity contribution in [3.05, 3.63) is 48.2 Å². The lowest BCUT2D eigenvalue weighted by Crippen LogP contribution is -2.25. The number of rotatable bonds is 5. The summed E-state index contributed by atoms with van der Waals surface area (Å²) in [6, 6.07) is 8.37. The van der Waals surface area contributed by atoms with Crippen molar-refractivity contribution < 1.29 is 4.42 Å². The first-order chi connectivity index (χ1) is 8.81. The van der Waals surface area contributed by atoms with Gasteiger partial charge in [0.1, 0.15) is 5.76 Å². The summed E-state index contributed by atoms with van der Waals surface area (Å²) >= 11 is 0. The van der Waals surface area contributed by atoms with Gasteiger partial charge in [0.2, 0.25) is 0 Å². The second kappa shape index (κ2) is 4.82. The molecular weight excluding hydrogens is 226 g/mol. The summed E-state index contributed by atoms with van der Waals surface area (Å²) in [5, 5.41) is 0. The molecule has 2 heterocycles. The zero-order chi connectivity index (χ0) is 12.4. The second-order valence-electron chi connectivity index (χ2n) is 4.80. The molecule has 2 aromatic rings. The molecule has 0 radical (unpaired) electrons. The van der Waals surface area contributed by atoms with E-state index in [4.69, 9.17) is 10.2 Å². The Morgan fingerprint density at radius 2 is 2.22 bits per heavy atom. The Balaban J connectivity index is 1.70. The molecule has 4 nitrogen and oxygen atoms in total. The predicted molar refractivity (Wildman–Crippen MR) is 69.6 cm³/mol. The molecule has 4 heteroatoms. The number of furan rings is 1. The van der Waals surface area contributed by atoms with E-state index < -0.39 is 0 Å². The van der Waals surface area contributed by atoms with Crippen LogP contribution in [-0.2, 0) is 13.1 Å². The minimum atomic E-state index is 0.665. The monoisotopic (exact) mass is 243 g/mol. The third-order valence-electron chi connectivity index (χ3n) is 3.21. The maximum Gasteiger partial charge on any atom is 0.117 e. The fraction of sp³-hybridized carbons (Fsp3) is 0.357. The van der Waals surface area contributed by atoms with Crippen LogP contribution in [0.1, 0.15) is 24.3 Å². The third kappa shape index (κ3) is 2.71. The summed E-state index contributed by atoms with van der Waals surface area (Å²) in [5.74, 6) is 1.01. The summed E-state index contributed by atoms with van der Waals surface area (Å²) in [7, 11) is 0. The highest BCUT2D eigenvalue weighted by molar-refractivity contribution is 5.37. The zero-order valence-corrected chi connectivity index (χ0v) is 10.2. The lowest BCUT2D eigenvalue weighted by molar-refractivity contribution is 0.222. The van der Waals surface area contributed by atoms with E-state index in [-0.39, 0.29) is 0 Å². The van der Waals surface area contributed by atoms with E-state index >= 15 is 0 Å². The lowest BCUT2D eigenvalue weighted by Gasteiger charge is -2.20. The molecule has 0 aromatic carbocycles. The van der Waals surface area contributed by atoms with E-state index in [1.807, 2.05) is 24.3 Å². The number of nitrogens with two attached hydrogens (primary N) is 1. The van der Waals surface area contributed by atoms with Gasteiger partial charge in [0, 0.05) is 24.5 Å². The van der Waals surface area contributed by atoms with Crippen LogP contribution in [0.4, 0.5) is 5.69 Å². The van der Waals surface area contributed by atoms with Gasteiger partial charge in [-0.25, -0.2) is 0 Å². The molecule has 0 unspecified atom stereocenters. The molecule has 1 aliphatic carbocycles. The first-order valence-electron chi connectivity index (χ1n) is 6.28. The average molecular weight is 243 g/mol. The van der Waals surface area contributed by atoms with Crippen LogP contribution in [0.25, 0.3) is 0 Å². The molecule has 94 valence electrons. The van der Waals surface area contributed by atoms with Crippen LogP contribution in [0, 0.1) is 0 Å². The van der Waals surface area contributed by atoms with Gasteiger partial charge in [-0.15, -0.1) is 0 Å². The Bertz CT molecular complexity index is 506. The Kier molecular flexibility index (Phi) is 3.02. The van der Waals surface area contributed by atoms with Gasteiger partial charge >= 0.3 is 0 Å². The Morgan fingerprint density at radius 3 is 2.89 bits per heavy atom. The lowest BCUT2D eigenvalue weighted by atomic mass is 10.3. The summed E-state index contributed by atoms with van der Waals surface area (Å²) in [6.07, 6.45) is 6.02. The summed E-state index contributed by atoms with van der Waals surface area (Å²) in [5.41, 5.74) is 7.58. The molecule has 2 aromatic heterocycles. The molecule has 1 saturated carbocycles. The van der Waals surface area contributed by atoms with E-state index in [1.165, 1.54) is 12.8 Å². The third-order valence-corrected chi connectivity index (χ3v) is 3.21. The largest absolute Gasteiger partial charge is 0.468 e. The molecule has 0 spiro atoms. The molecule has 0 aliphatic heterocycles. The van der Waals surface area contributed by atoms with Crippen LogP contribution < -0.4 is 5.73 Å². The zero-order valence-electron chi connectivity index (χ0n) is 10.2. The molecule has 1 fully saturated rings. The predicted octanol–water partition coefficient (Wildman–Crippen LogP) is 2.42. The number of aromatic nitrogens is 1. The van der Waals surface area contributed by atoms with E-state index in [0.717, 1.165) is 30.2 Å². The van der Waals surface area contributed by atoms with E-state index in [1.54, 1.807) is 12.5 Å². The minimum Gasteiger partial charge on any atom is -0.468 e. The number of pyridine rings is 1. The van der Waals surface area contributed by atoms with Gasteiger partial charge in [-0.3, -0.25) is 9.88 Å². The number of hydrogen-bond acceptors (Lipinski definition) is 4. The summed E-state index contributed by atoms with van der Waals surface area (Å²) in [6.45, 7) is 1.67. The highest BCUT2D eigenvalue weighted by Gasteiger charge is 2.29. The Morgan fingerprint density at radius 1 is 1.33 bits per heavy atom. The van der Waals surface area contributed by atoms with Gasteiger partial charge < -0.3 is 10.2 Å². The first-order valence-corrected chi connectivity index (χ1v) is 6.28. The van der Waals surface area contributed by atoms with E-state index in [9.17, 15) is 0 Å². The van der Waals surface area contributed by atoms with Crippen LogP contribution in [-0.4, -0.2) is 15.9 Å². The fourth-order valence-electron chi connectivity index (χ4n) is 2.15. The van der Waals surface area contributed by atoms with Crippen molar-refractivity contribution in [3.63, 3.8) is 0 Å². The van der Waals surface area contributed by atoms with Crippen LogP contribution in [0.2, 0.25) is 0 Å². The van der Waals surface area contributed by atoms with Crippen LogP contribution in [0.3, 0.4) is 0 Å². The van der Waals surface area contributed by atoms with Crippen LogP contribution >= 0.6 is 0 Å². The summed E-state index contributed by atoms with van der Waals surface area (Å²) in [4.78, 5) is 6.77. The second-order valence-corrected chi connectivity index (χ2v) is 4.80. The minimum absolute atomic E-state index is 0.665. The van der Waals surface area contributed by atoms with Crippen molar-refractivity contribution in [2.75, 3.05) is 5.73 Å². The fourth-order valence-corrected chi connectivity index (χ4v) is 2.15. The van der Waals surface area contributed by atoms with Crippen molar-refractivity contribution in [3.8, 4) is 0 Å². The quantitative estimate of drug-likeness (QED) is 0.876. The maximum absolute atomic E-state index is 5.79. The van der Waals surface area contributed by atoms with Crippen molar-refractivity contribution in [1.29, 1.82) is 0 Å². The van der Waals surface area contributed by atoms with Crippen molar-refractivity contribution in [1.82, 2.24) is 9.88 Å². The van der Waals surface area contributed by atoms with Gasteiger partial charge in [0.25, 0.3) is 0 Å². The van der Waals surface area contributed by atoms with Gasteiger partial charge in [-0.2, -0.15) is 0 Å². The molecule has 0 atom stereocenters. The van der Waals surface area contributed by atoms with Gasteiger partial charge in [-0.1, -0.05) is 0 Å². The average Bonchev–Trinajstić information content (AvgIpc) is 3.08. The van der Waals surface area contributed by atoms with Gasteiger partial charge in [0.05, 0.1) is 18.5 Å². The molecule has 18 heavy (non-hydrogen) atoms. The molecule has 3 rings (SSSR count). The Hall–Kier alpha value is -1.81. The van der Waals surface area contributed by atoms with Crippen molar-refractivity contribution in [2.24, 2.45) is 0 Å². The van der Waals surface area contributed by atoms with Crippen LogP contribution in [0.15, 0.2) is 41.1 Å². The highest BCUT2D eigenvalue weighted by Crippen LogP contribution is 2.29. The standard InChI is InChI=1S/C14H17N3O/c15-11-5-6-16-12(8-11)9-17(13-3-4-13)10-14-2-1-7-18-14/h1-2,5-8,13H,3-4,9-10H2,(H2,15,16). The van der Waals surface area contributed by atoms with Crippen molar-refractivity contribution in [2.45, 2.75) is 32.0 Å². The Labute approximate surface area is 106 Å². The molecule has 1 aliphatic rings.